The molecular weight excluding hydrogens is 570 g/mol. The topological polar surface area (TPSA) is 127 Å². The van der Waals surface area contributed by atoms with E-state index in [4.69, 9.17) is 9.84 Å². The van der Waals surface area contributed by atoms with Crippen LogP contribution in [0.3, 0.4) is 0 Å². The molecule has 1 aromatic heterocycles. The highest BCUT2D eigenvalue weighted by atomic mass is 16.5. The van der Waals surface area contributed by atoms with Crippen LogP contribution in [0.25, 0.3) is 11.1 Å². The van der Waals surface area contributed by atoms with Crippen LogP contribution in [0.2, 0.25) is 0 Å². The molecule has 1 aliphatic heterocycles. The zero-order valence-electron chi connectivity index (χ0n) is 26.7. The number of amides is 2. The van der Waals surface area contributed by atoms with Gasteiger partial charge in [0.1, 0.15) is 0 Å². The quantitative estimate of drug-likeness (QED) is 0.274. The van der Waals surface area contributed by atoms with Crippen molar-refractivity contribution in [3.8, 4) is 11.1 Å². The highest BCUT2D eigenvalue weighted by Gasteiger charge is 2.27. The number of aromatic nitrogens is 1. The van der Waals surface area contributed by atoms with Crippen LogP contribution in [0.1, 0.15) is 64.0 Å². The van der Waals surface area contributed by atoms with Crippen LogP contribution in [0, 0.1) is 20.8 Å². The lowest BCUT2D eigenvalue weighted by Crippen LogP contribution is -2.42. The maximum Gasteiger partial charge on any atom is 0.404 e. The number of benzene rings is 2. The molecule has 0 radical (unpaired) electrons. The number of carbonyl (C=O) groups excluding carboxylic acids is 1. The van der Waals surface area contributed by atoms with Crippen LogP contribution >= 0.6 is 0 Å². The van der Waals surface area contributed by atoms with E-state index in [0.29, 0.717) is 11.1 Å². The Bertz CT molecular complexity index is 1570. The Morgan fingerprint density at radius 1 is 1.00 bits per heavy atom. The molecule has 2 fully saturated rings. The van der Waals surface area contributed by atoms with Gasteiger partial charge in [0.25, 0.3) is 11.5 Å². The Hall–Kier alpha value is -4.15. The third-order valence-electron chi connectivity index (χ3n) is 9.29. The lowest BCUT2D eigenvalue weighted by molar-refractivity contribution is 0.0342. The van der Waals surface area contributed by atoms with Crippen molar-refractivity contribution in [2.45, 2.75) is 71.6 Å². The molecule has 10 heteroatoms. The first-order valence-corrected chi connectivity index (χ1v) is 15.8. The minimum absolute atomic E-state index is 0.0368. The highest BCUT2D eigenvalue weighted by Crippen LogP contribution is 2.34. The fourth-order valence-electron chi connectivity index (χ4n) is 6.63. The van der Waals surface area contributed by atoms with Crippen molar-refractivity contribution in [3.05, 3.63) is 86.3 Å². The van der Waals surface area contributed by atoms with Gasteiger partial charge in [-0.05, 0) is 92.5 Å². The van der Waals surface area contributed by atoms with E-state index in [1.807, 2.05) is 32.9 Å². The molecule has 10 nitrogen and oxygen atoms in total. The number of hydrogen-bond donors (Lipinski definition) is 4. The van der Waals surface area contributed by atoms with E-state index in [1.54, 1.807) is 0 Å². The maximum absolute atomic E-state index is 13.8. The number of aromatic amines is 1. The largest absolute Gasteiger partial charge is 0.465 e. The summed E-state index contributed by atoms with van der Waals surface area (Å²) >= 11 is 0. The molecule has 0 atom stereocenters. The number of carbonyl (C=O) groups is 2. The average Bonchev–Trinajstić information content (AvgIpc) is 3.01. The van der Waals surface area contributed by atoms with Crippen LogP contribution in [0.4, 0.5) is 10.5 Å². The first kappa shape index (κ1) is 32.2. The third kappa shape index (κ3) is 7.93. The number of pyridine rings is 1. The number of aryl methyl sites for hydroxylation is 2. The van der Waals surface area contributed by atoms with Gasteiger partial charge in [-0.3, -0.25) is 14.5 Å². The SMILES string of the molecule is Cc1cc(C)c(CNC(=O)c2cc(-c3ccc(CN4CCOCC4)cc3)cc(N(C)[C@H]3CC[C@H](NC(=O)O)CC3)c2C)c(=O)[nH]1. The molecule has 1 aliphatic carbocycles. The van der Waals surface area contributed by atoms with Crippen molar-refractivity contribution in [2.24, 2.45) is 0 Å². The molecule has 0 spiro atoms. The molecule has 0 unspecified atom stereocenters. The Morgan fingerprint density at radius 2 is 1.69 bits per heavy atom. The van der Waals surface area contributed by atoms with E-state index in [1.165, 1.54) is 5.56 Å². The number of ether oxygens (including phenoxy) is 1. The standard InChI is InChI=1S/C35H45N5O5/c1-22-17-23(2)37-34(42)31(22)20-36-33(41)30-18-27(26-7-5-25(6-8-26)21-40-13-15-45-16-14-40)19-32(24(30)3)39(4)29-11-9-28(10-12-29)38-35(43)44/h5-8,17-19,28-29,38H,9-16,20-21H2,1-4H3,(H,36,41)(H,37,42)(H,43,44)/t28-,29-. The summed E-state index contributed by atoms with van der Waals surface area (Å²) in [5.74, 6) is -0.235. The molecule has 1 saturated heterocycles. The fraction of sp³-hybridized carbons (Fsp3) is 0.457. The number of H-pyrrole nitrogens is 1. The van der Waals surface area contributed by atoms with Gasteiger partial charge < -0.3 is 30.4 Å². The van der Waals surface area contributed by atoms with Crippen molar-refractivity contribution in [2.75, 3.05) is 38.3 Å². The molecule has 3 aromatic rings. The van der Waals surface area contributed by atoms with Gasteiger partial charge in [-0.25, -0.2) is 4.79 Å². The Kier molecular flexibility index (Phi) is 10.2. The van der Waals surface area contributed by atoms with Crippen molar-refractivity contribution in [1.29, 1.82) is 0 Å². The third-order valence-corrected chi connectivity index (χ3v) is 9.29. The molecular formula is C35H45N5O5. The molecule has 5 rings (SSSR count). The van der Waals surface area contributed by atoms with Crippen LogP contribution in [0.15, 0.2) is 47.3 Å². The van der Waals surface area contributed by atoms with Gasteiger partial charge in [-0.15, -0.1) is 0 Å². The Labute approximate surface area is 264 Å². The summed E-state index contributed by atoms with van der Waals surface area (Å²) in [6.45, 7) is 10.1. The second-order valence-corrected chi connectivity index (χ2v) is 12.4. The minimum atomic E-state index is -0.982. The van der Waals surface area contributed by atoms with Gasteiger partial charge in [-0.2, -0.15) is 0 Å². The lowest BCUT2D eigenvalue weighted by atomic mass is 9.89. The van der Waals surface area contributed by atoms with E-state index < -0.39 is 6.09 Å². The van der Waals surface area contributed by atoms with E-state index in [0.717, 1.165) is 92.2 Å². The molecule has 0 bridgehead atoms. The Morgan fingerprint density at radius 3 is 2.33 bits per heavy atom. The second kappa shape index (κ2) is 14.3. The van der Waals surface area contributed by atoms with Crippen LogP contribution in [-0.4, -0.2) is 72.4 Å². The van der Waals surface area contributed by atoms with Crippen LogP contribution < -0.4 is 21.1 Å². The number of hydrogen-bond acceptors (Lipinski definition) is 6. The molecule has 2 amide bonds. The van der Waals surface area contributed by atoms with E-state index in [9.17, 15) is 14.4 Å². The summed E-state index contributed by atoms with van der Waals surface area (Å²) in [6, 6.07) is 14.7. The summed E-state index contributed by atoms with van der Waals surface area (Å²) < 4.78 is 5.49. The number of anilines is 1. The monoisotopic (exact) mass is 615 g/mol. The van der Waals surface area contributed by atoms with E-state index in [-0.39, 0.29) is 30.1 Å². The van der Waals surface area contributed by atoms with Crippen molar-refractivity contribution in [1.82, 2.24) is 20.5 Å². The van der Waals surface area contributed by atoms with Crippen LogP contribution in [0.5, 0.6) is 0 Å². The molecule has 4 N–H and O–H groups in total. The predicted molar refractivity (Wildman–Crippen MR) is 176 cm³/mol. The zero-order valence-corrected chi connectivity index (χ0v) is 26.7. The molecule has 1 saturated carbocycles. The molecule has 45 heavy (non-hydrogen) atoms. The van der Waals surface area contributed by atoms with Crippen LogP contribution in [-0.2, 0) is 17.8 Å². The maximum atomic E-state index is 13.8. The first-order valence-electron chi connectivity index (χ1n) is 15.8. The van der Waals surface area contributed by atoms with Gasteiger partial charge in [0.15, 0.2) is 0 Å². The average molecular weight is 616 g/mol. The van der Waals surface area contributed by atoms with Gasteiger partial charge in [0, 0.05) is 67.8 Å². The van der Waals surface area contributed by atoms with Gasteiger partial charge in [-0.1, -0.05) is 24.3 Å². The number of rotatable bonds is 9. The molecule has 240 valence electrons. The normalized spacial score (nSPS) is 18.8. The van der Waals surface area contributed by atoms with Gasteiger partial charge in [0.2, 0.25) is 0 Å². The number of nitrogens with one attached hydrogen (secondary N) is 3. The number of morpholine rings is 1. The van der Waals surface area contributed by atoms with Crippen molar-refractivity contribution >= 4 is 17.7 Å². The molecule has 2 aromatic carbocycles. The fourth-order valence-corrected chi connectivity index (χ4v) is 6.63. The summed E-state index contributed by atoms with van der Waals surface area (Å²) in [5.41, 5.74) is 7.56. The summed E-state index contributed by atoms with van der Waals surface area (Å²) in [5, 5.41) is 14.8. The predicted octanol–water partition coefficient (Wildman–Crippen LogP) is 4.74. The second-order valence-electron chi connectivity index (χ2n) is 12.4. The summed E-state index contributed by atoms with van der Waals surface area (Å²) in [7, 11) is 2.06. The van der Waals surface area contributed by atoms with E-state index >= 15 is 0 Å². The smallest absolute Gasteiger partial charge is 0.404 e. The number of nitrogens with zero attached hydrogens (tertiary/aromatic N) is 2. The van der Waals surface area contributed by atoms with Crippen molar-refractivity contribution in [3.63, 3.8) is 0 Å². The van der Waals surface area contributed by atoms with Gasteiger partial charge >= 0.3 is 6.09 Å². The first-order chi connectivity index (χ1) is 21.6. The summed E-state index contributed by atoms with van der Waals surface area (Å²) in [4.78, 5) is 45.0. The van der Waals surface area contributed by atoms with Gasteiger partial charge in [0.05, 0.1) is 13.2 Å². The van der Waals surface area contributed by atoms with Crippen molar-refractivity contribution < 1.29 is 19.4 Å². The summed E-state index contributed by atoms with van der Waals surface area (Å²) in [6.07, 6.45) is 2.24. The van der Waals surface area contributed by atoms with E-state index in [2.05, 4.69) is 62.8 Å². The Balaban J connectivity index is 1.42. The highest BCUT2D eigenvalue weighted by molar-refractivity contribution is 5.99. The molecule has 2 heterocycles. The lowest BCUT2D eigenvalue weighted by Gasteiger charge is -2.37. The zero-order chi connectivity index (χ0) is 32.1. The molecule has 2 aliphatic rings. The minimum Gasteiger partial charge on any atom is -0.465 e. The number of carboxylic acid groups (broad SMARTS) is 1.